The smallest absolute Gasteiger partial charge is 0.0778 e. The molecule has 0 aliphatic carbocycles. The normalized spacial score (nSPS) is 9.18. The molecule has 1 heterocycles. The van der Waals surface area contributed by atoms with Gasteiger partial charge in [-0.25, -0.2) is 0 Å². The van der Waals surface area contributed by atoms with E-state index in [0.717, 1.165) is 0 Å². The van der Waals surface area contributed by atoms with Crippen molar-refractivity contribution in [3.63, 3.8) is 0 Å². The zero-order valence-corrected chi connectivity index (χ0v) is 7.02. The lowest BCUT2D eigenvalue weighted by molar-refractivity contribution is 1.19. The topological polar surface area (TPSA) is 36.7 Å². The quantitative estimate of drug-likeness (QED) is 0.676. The van der Waals surface area contributed by atoms with Crippen LogP contribution in [-0.2, 0) is 6.42 Å². The highest BCUT2D eigenvalue weighted by Crippen LogP contribution is 2.24. The van der Waals surface area contributed by atoms with Gasteiger partial charge in [-0.2, -0.15) is 5.26 Å². The van der Waals surface area contributed by atoms with Crippen molar-refractivity contribution in [3.05, 3.63) is 28.0 Å². The summed E-state index contributed by atoms with van der Waals surface area (Å²) in [5, 5.41) is 9.16. The van der Waals surface area contributed by atoms with E-state index >= 15 is 0 Å². The Morgan fingerprint density at radius 3 is 2.82 bits per heavy atom. The predicted molar refractivity (Wildman–Crippen MR) is 43.6 cm³/mol. The molecule has 0 aliphatic rings. The largest absolute Gasteiger partial charge is 0.263 e. The molecule has 0 unspecified atom stereocenters. The summed E-state index contributed by atoms with van der Waals surface area (Å²) in [5.41, 5.74) is 0.668. The summed E-state index contributed by atoms with van der Waals surface area (Å²) in [7, 11) is 0. The molecule has 2 nitrogen and oxygen atoms in total. The van der Waals surface area contributed by atoms with Crippen LogP contribution >= 0.6 is 23.2 Å². The molecule has 0 aromatic carbocycles. The van der Waals surface area contributed by atoms with Gasteiger partial charge in [0.1, 0.15) is 0 Å². The highest BCUT2D eigenvalue weighted by atomic mass is 35.5. The molecule has 0 saturated carbocycles. The maximum Gasteiger partial charge on any atom is 0.0778 e. The number of rotatable bonds is 1. The van der Waals surface area contributed by atoms with E-state index in [0.29, 0.717) is 15.6 Å². The molecule has 0 N–H and O–H groups in total. The van der Waals surface area contributed by atoms with Crippen LogP contribution in [0.15, 0.2) is 12.4 Å². The Balaban J connectivity index is 3.08. The van der Waals surface area contributed by atoms with Crippen molar-refractivity contribution in [3.8, 4) is 6.07 Å². The lowest BCUT2D eigenvalue weighted by Crippen LogP contribution is -1.85. The second kappa shape index (κ2) is 3.56. The van der Waals surface area contributed by atoms with Crippen LogP contribution in [-0.4, -0.2) is 4.98 Å². The van der Waals surface area contributed by atoms with Crippen LogP contribution in [0.25, 0.3) is 0 Å². The SMILES string of the molecule is N#CCc1cncc(Cl)c1Cl. The van der Waals surface area contributed by atoms with E-state index in [9.17, 15) is 0 Å². The summed E-state index contributed by atoms with van der Waals surface area (Å²) in [4.78, 5) is 3.80. The lowest BCUT2D eigenvalue weighted by Gasteiger charge is -1.98. The van der Waals surface area contributed by atoms with Crippen LogP contribution in [0.1, 0.15) is 5.56 Å². The number of nitrogens with zero attached hydrogens (tertiary/aromatic N) is 2. The molecule has 56 valence electrons. The zero-order chi connectivity index (χ0) is 8.27. The first-order chi connectivity index (χ1) is 5.25. The van der Waals surface area contributed by atoms with Crippen molar-refractivity contribution in [2.75, 3.05) is 0 Å². The summed E-state index contributed by atoms with van der Waals surface area (Å²) in [6, 6.07) is 1.97. The molecule has 1 aromatic heterocycles. The molecule has 0 radical (unpaired) electrons. The van der Waals surface area contributed by atoms with Gasteiger partial charge in [0.25, 0.3) is 0 Å². The van der Waals surface area contributed by atoms with Crippen LogP contribution in [0.2, 0.25) is 10.0 Å². The van der Waals surface area contributed by atoms with Crippen LogP contribution in [0.5, 0.6) is 0 Å². The zero-order valence-electron chi connectivity index (χ0n) is 5.51. The van der Waals surface area contributed by atoms with Gasteiger partial charge in [-0.15, -0.1) is 0 Å². The molecule has 0 saturated heterocycles. The fourth-order valence-corrected chi connectivity index (χ4v) is 1.01. The van der Waals surface area contributed by atoms with Crippen LogP contribution in [0, 0.1) is 11.3 Å². The molecule has 11 heavy (non-hydrogen) atoms. The molecule has 4 heteroatoms. The number of pyridine rings is 1. The average molecular weight is 187 g/mol. The van der Waals surface area contributed by atoms with Crippen LogP contribution in [0.4, 0.5) is 0 Å². The van der Waals surface area contributed by atoms with Gasteiger partial charge >= 0.3 is 0 Å². The van der Waals surface area contributed by atoms with E-state index in [1.807, 2.05) is 6.07 Å². The maximum absolute atomic E-state index is 8.36. The first kappa shape index (κ1) is 8.32. The standard InChI is InChI=1S/C7H4Cl2N2/c8-6-4-11-3-5(1-2-10)7(6)9/h3-4H,1H2. The Labute approximate surface area is 74.4 Å². The summed E-state index contributed by atoms with van der Waals surface area (Å²) >= 11 is 11.4. The molecular formula is C7H4Cl2N2. The molecule has 0 aliphatic heterocycles. The first-order valence-electron chi connectivity index (χ1n) is 2.90. The fraction of sp³-hybridized carbons (Fsp3) is 0.143. The Kier molecular flexibility index (Phi) is 2.70. The van der Waals surface area contributed by atoms with E-state index in [2.05, 4.69) is 4.98 Å². The molecule has 0 spiro atoms. The Morgan fingerprint density at radius 1 is 1.45 bits per heavy atom. The van der Waals surface area contributed by atoms with Crippen molar-refractivity contribution < 1.29 is 0 Å². The minimum atomic E-state index is 0.242. The van der Waals surface area contributed by atoms with Crippen molar-refractivity contribution in [1.29, 1.82) is 5.26 Å². The lowest BCUT2D eigenvalue weighted by atomic mass is 10.2. The minimum Gasteiger partial charge on any atom is -0.263 e. The van der Waals surface area contributed by atoms with Gasteiger partial charge in [-0.1, -0.05) is 23.2 Å². The minimum absolute atomic E-state index is 0.242. The summed E-state index contributed by atoms with van der Waals surface area (Å²) in [5.74, 6) is 0. The number of hydrogen-bond donors (Lipinski definition) is 0. The third-order valence-electron chi connectivity index (χ3n) is 1.18. The summed E-state index contributed by atoms with van der Waals surface area (Å²) in [6.07, 6.45) is 3.23. The second-order valence-corrected chi connectivity index (χ2v) is 2.71. The Morgan fingerprint density at radius 2 is 2.18 bits per heavy atom. The van der Waals surface area contributed by atoms with Gasteiger partial charge in [-0.3, -0.25) is 4.98 Å². The molecule has 1 rings (SSSR count). The van der Waals surface area contributed by atoms with Crippen molar-refractivity contribution >= 4 is 23.2 Å². The van der Waals surface area contributed by atoms with Gasteiger partial charge < -0.3 is 0 Å². The molecule has 0 fully saturated rings. The number of aromatic nitrogens is 1. The molecule has 0 atom stereocenters. The fourth-order valence-electron chi connectivity index (χ4n) is 0.668. The number of hydrogen-bond acceptors (Lipinski definition) is 2. The van der Waals surface area contributed by atoms with Gasteiger partial charge in [0.15, 0.2) is 0 Å². The van der Waals surface area contributed by atoms with Crippen molar-refractivity contribution in [2.45, 2.75) is 6.42 Å². The molecule has 0 bridgehead atoms. The van der Waals surface area contributed by atoms with Crippen LogP contribution < -0.4 is 0 Å². The van der Waals surface area contributed by atoms with Gasteiger partial charge in [0, 0.05) is 18.0 Å². The average Bonchev–Trinajstić information content (AvgIpc) is 1.99. The highest BCUT2D eigenvalue weighted by Gasteiger charge is 2.03. The number of halogens is 2. The molecule has 1 aromatic rings. The van der Waals surface area contributed by atoms with Gasteiger partial charge in [-0.05, 0) is 0 Å². The predicted octanol–water partition coefficient (Wildman–Crippen LogP) is 2.45. The summed E-state index contributed by atoms with van der Waals surface area (Å²) < 4.78 is 0. The van der Waals surface area contributed by atoms with E-state index in [1.165, 1.54) is 12.4 Å². The third kappa shape index (κ3) is 1.83. The van der Waals surface area contributed by atoms with E-state index in [4.69, 9.17) is 28.5 Å². The Bertz CT molecular complexity index is 304. The van der Waals surface area contributed by atoms with E-state index in [-0.39, 0.29) is 6.42 Å². The molecular weight excluding hydrogens is 183 g/mol. The molecule has 0 amide bonds. The monoisotopic (exact) mass is 186 g/mol. The van der Waals surface area contributed by atoms with Crippen molar-refractivity contribution in [2.24, 2.45) is 0 Å². The highest BCUT2D eigenvalue weighted by molar-refractivity contribution is 6.42. The summed E-state index contributed by atoms with van der Waals surface area (Å²) in [6.45, 7) is 0. The maximum atomic E-state index is 8.36. The second-order valence-electron chi connectivity index (χ2n) is 1.93. The van der Waals surface area contributed by atoms with E-state index in [1.54, 1.807) is 0 Å². The van der Waals surface area contributed by atoms with Gasteiger partial charge in [0.2, 0.25) is 0 Å². The first-order valence-corrected chi connectivity index (χ1v) is 3.66. The van der Waals surface area contributed by atoms with Crippen LogP contribution in [0.3, 0.4) is 0 Å². The van der Waals surface area contributed by atoms with E-state index < -0.39 is 0 Å². The number of nitriles is 1. The van der Waals surface area contributed by atoms with Crippen molar-refractivity contribution in [1.82, 2.24) is 4.98 Å². The van der Waals surface area contributed by atoms with Gasteiger partial charge in [0.05, 0.1) is 22.5 Å². The third-order valence-corrected chi connectivity index (χ3v) is 2.01. The Hall–Kier alpha value is -0.780.